The number of nitrogens with zero attached hydrogens (tertiary/aromatic N) is 1. The lowest BCUT2D eigenvalue weighted by molar-refractivity contribution is -0.156. The maximum absolute atomic E-state index is 13.8. The molecule has 0 spiro atoms. The fourth-order valence-electron chi connectivity index (χ4n) is 6.82. The molecule has 1 N–H and O–H groups in total. The van der Waals surface area contributed by atoms with Gasteiger partial charge in [-0.15, -0.1) is 0 Å². The van der Waals surface area contributed by atoms with E-state index in [1.807, 2.05) is 30.3 Å². The first-order chi connectivity index (χ1) is 17.1. The number of aromatic nitrogens is 1. The van der Waals surface area contributed by atoms with Gasteiger partial charge in [0, 0.05) is 45.6 Å². The molecule has 0 saturated carbocycles. The molecule has 0 radical (unpaired) electrons. The number of aromatic amines is 1. The molecular weight excluding hydrogens is 460 g/mol. The minimum atomic E-state index is -0.798. The average molecular weight is 485 g/mol. The highest BCUT2D eigenvalue weighted by Gasteiger charge is 2.63. The molecule has 5 nitrogen and oxygen atoms in total. The van der Waals surface area contributed by atoms with Gasteiger partial charge in [-0.05, 0) is 41.8 Å². The molecule has 1 fully saturated rings. The summed E-state index contributed by atoms with van der Waals surface area (Å²) in [6.45, 7) is 0.582. The minimum absolute atomic E-state index is 0.0271. The lowest BCUT2D eigenvalue weighted by atomic mass is 9.79. The van der Waals surface area contributed by atoms with Crippen molar-refractivity contribution >= 4 is 28.5 Å². The Kier molecular flexibility index (Phi) is 4.57. The molecule has 0 unspecified atom stereocenters. The highest BCUT2D eigenvalue weighted by Crippen LogP contribution is 2.60. The molecule has 1 aromatic heterocycles. The van der Waals surface area contributed by atoms with Gasteiger partial charge in [0.05, 0.1) is 19.8 Å². The first-order valence-corrected chi connectivity index (χ1v) is 12.4. The van der Waals surface area contributed by atoms with Crippen LogP contribution in [0.15, 0.2) is 72.8 Å². The van der Waals surface area contributed by atoms with E-state index in [-0.39, 0.29) is 24.0 Å². The number of carbonyl (C=O) groups excluding carboxylic acids is 1. The molecule has 176 valence electrons. The number of halogens is 1. The fourth-order valence-corrected chi connectivity index (χ4v) is 6.95. The molecule has 0 bridgehead atoms. The minimum Gasteiger partial charge on any atom is -0.493 e. The van der Waals surface area contributed by atoms with Crippen molar-refractivity contribution in [1.29, 1.82) is 0 Å². The van der Waals surface area contributed by atoms with E-state index in [9.17, 15) is 4.79 Å². The van der Waals surface area contributed by atoms with Crippen LogP contribution >= 0.6 is 11.6 Å². The van der Waals surface area contributed by atoms with Gasteiger partial charge in [-0.3, -0.25) is 9.69 Å². The first-order valence-electron chi connectivity index (χ1n) is 12.0. The standard InChI is InChI=1S/C29H25ClN2O3/c1-34-28(33)29-14-18-16-35-24-9-5-3-7-21(24)26(18)32(29)27(17-10-12-19(30)13-11-17)25-22(15-29)20-6-2-4-8-23(20)31-25/h2-13,18,26-27,31H,14-16H2,1H3/t18-,26-,27+,29-/m0/s1. The summed E-state index contributed by atoms with van der Waals surface area (Å²) in [7, 11) is 1.50. The monoisotopic (exact) mass is 484 g/mol. The van der Waals surface area contributed by atoms with Crippen molar-refractivity contribution in [3.63, 3.8) is 0 Å². The number of para-hydroxylation sites is 2. The molecule has 0 amide bonds. The molecule has 6 heteroatoms. The number of esters is 1. The second kappa shape index (κ2) is 7.61. The number of nitrogens with one attached hydrogen (secondary N) is 1. The molecule has 4 aromatic rings. The van der Waals surface area contributed by atoms with Gasteiger partial charge >= 0.3 is 5.97 Å². The second-order valence-corrected chi connectivity index (χ2v) is 10.3. The summed E-state index contributed by atoms with van der Waals surface area (Å²) >= 11 is 6.29. The summed E-state index contributed by atoms with van der Waals surface area (Å²) in [6, 6.07) is 24.5. The highest BCUT2D eigenvalue weighted by atomic mass is 35.5. The highest BCUT2D eigenvalue weighted by molar-refractivity contribution is 6.30. The lowest BCUT2D eigenvalue weighted by Gasteiger charge is -2.48. The van der Waals surface area contributed by atoms with Crippen molar-refractivity contribution in [3.8, 4) is 5.75 Å². The molecule has 3 aliphatic rings. The van der Waals surface area contributed by atoms with Gasteiger partial charge in [-0.1, -0.05) is 60.1 Å². The van der Waals surface area contributed by atoms with Crippen molar-refractivity contribution < 1.29 is 14.3 Å². The summed E-state index contributed by atoms with van der Waals surface area (Å²) in [5, 5.41) is 1.85. The Balaban J connectivity index is 1.53. The molecule has 35 heavy (non-hydrogen) atoms. The number of rotatable bonds is 2. The normalized spacial score (nSPS) is 26.9. The topological polar surface area (TPSA) is 54.6 Å². The van der Waals surface area contributed by atoms with Gasteiger partial charge < -0.3 is 14.5 Å². The third-order valence-electron chi connectivity index (χ3n) is 8.15. The van der Waals surface area contributed by atoms with Crippen LogP contribution in [0, 0.1) is 5.92 Å². The Morgan fingerprint density at radius 1 is 1.09 bits per heavy atom. The molecule has 7 rings (SSSR count). The van der Waals surface area contributed by atoms with Gasteiger partial charge in [0.2, 0.25) is 0 Å². The molecule has 4 atom stereocenters. The van der Waals surface area contributed by atoms with Crippen molar-refractivity contribution in [2.75, 3.05) is 13.7 Å². The van der Waals surface area contributed by atoms with E-state index in [1.165, 1.54) is 12.7 Å². The molecular formula is C29H25ClN2O3. The number of hydrogen-bond donors (Lipinski definition) is 1. The zero-order valence-electron chi connectivity index (χ0n) is 19.3. The number of H-pyrrole nitrogens is 1. The number of fused-ring (bicyclic) bond motifs is 8. The van der Waals surface area contributed by atoms with Crippen LogP contribution < -0.4 is 4.74 Å². The van der Waals surface area contributed by atoms with Crippen LogP contribution in [0.3, 0.4) is 0 Å². The van der Waals surface area contributed by atoms with E-state index < -0.39 is 5.54 Å². The van der Waals surface area contributed by atoms with E-state index >= 15 is 0 Å². The third kappa shape index (κ3) is 2.88. The lowest BCUT2D eigenvalue weighted by Crippen LogP contribution is -2.57. The van der Waals surface area contributed by atoms with Crippen LogP contribution in [0.5, 0.6) is 5.75 Å². The molecule has 1 saturated heterocycles. The van der Waals surface area contributed by atoms with Crippen LogP contribution in [0.4, 0.5) is 0 Å². The Bertz CT molecular complexity index is 1460. The van der Waals surface area contributed by atoms with E-state index in [0.717, 1.165) is 33.5 Å². The van der Waals surface area contributed by atoms with E-state index in [4.69, 9.17) is 21.1 Å². The van der Waals surface area contributed by atoms with Crippen molar-refractivity contribution in [1.82, 2.24) is 9.88 Å². The quantitative estimate of drug-likeness (QED) is 0.363. The van der Waals surface area contributed by atoms with Crippen LogP contribution in [0.1, 0.15) is 40.9 Å². The van der Waals surface area contributed by atoms with Gasteiger partial charge in [0.15, 0.2) is 0 Å². The predicted molar refractivity (Wildman–Crippen MR) is 135 cm³/mol. The fraction of sp³-hybridized carbons (Fsp3) is 0.276. The zero-order valence-corrected chi connectivity index (χ0v) is 20.1. The number of hydrogen-bond acceptors (Lipinski definition) is 4. The Hall–Kier alpha value is -3.28. The second-order valence-electron chi connectivity index (χ2n) is 9.88. The summed E-state index contributed by atoms with van der Waals surface area (Å²) in [4.78, 5) is 19.9. The van der Waals surface area contributed by atoms with Crippen molar-refractivity contribution in [2.24, 2.45) is 5.92 Å². The van der Waals surface area contributed by atoms with Crippen LogP contribution in [0.2, 0.25) is 5.02 Å². The number of benzene rings is 3. The van der Waals surface area contributed by atoms with Gasteiger partial charge in [0.25, 0.3) is 0 Å². The molecule has 3 aromatic carbocycles. The van der Waals surface area contributed by atoms with Crippen LogP contribution in [-0.2, 0) is 16.0 Å². The smallest absolute Gasteiger partial charge is 0.326 e. The van der Waals surface area contributed by atoms with Gasteiger partial charge in [-0.25, -0.2) is 0 Å². The molecule has 4 heterocycles. The zero-order chi connectivity index (χ0) is 23.7. The van der Waals surface area contributed by atoms with Gasteiger partial charge in [-0.2, -0.15) is 0 Å². The van der Waals surface area contributed by atoms with E-state index in [2.05, 4.69) is 52.3 Å². The Morgan fingerprint density at radius 2 is 1.86 bits per heavy atom. The maximum Gasteiger partial charge on any atom is 0.326 e. The SMILES string of the molecule is COC(=O)[C@]12Cc3c([nH]c4ccccc34)[C@@H](c3ccc(Cl)cc3)N1[C@@H]1c3ccccc3OC[C@@H]1C2. The Labute approximate surface area is 208 Å². The van der Waals surface area contributed by atoms with Crippen molar-refractivity contribution in [3.05, 3.63) is 100 Å². The largest absolute Gasteiger partial charge is 0.493 e. The van der Waals surface area contributed by atoms with E-state index in [1.54, 1.807) is 0 Å². The Morgan fingerprint density at radius 3 is 2.69 bits per heavy atom. The number of ether oxygens (including phenoxy) is 2. The molecule has 0 aliphatic carbocycles. The number of methoxy groups -OCH3 is 1. The summed E-state index contributed by atoms with van der Waals surface area (Å²) in [5.41, 5.74) is 4.84. The van der Waals surface area contributed by atoms with E-state index in [0.29, 0.717) is 24.5 Å². The molecule has 3 aliphatic heterocycles. The summed E-state index contributed by atoms with van der Waals surface area (Å²) in [5.74, 6) is 0.889. The summed E-state index contributed by atoms with van der Waals surface area (Å²) in [6.07, 6.45) is 1.28. The maximum atomic E-state index is 13.8. The third-order valence-corrected chi connectivity index (χ3v) is 8.40. The van der Waals surface area contributed by atoms with Gasteiger partial charge in [0.1, 0.15) is 11.3 Å². The summed E-state index contributed by atoms with van der Waals surface area (Å²) < 4.78 is 11.7. The van der Waals surface area contributed by atoms with Crippen molar-refractivity contribution in [2.45, 2.75) is 30.5 Å². The average Bonchev–Trinajstić information content (AvgIpc) is 3.43. The first kappa shape index (κ1) is 21.0. The number of carbonyl (C=O) groups is 1. The van der Waals surface area contributed by atoms with Crippen LogP contribution in [-0.4, -0.2) is 35.1 Å². The predicted octanol–water partition coefficient (Wildman–Crippen LogP) is 5.83. The van der Waals surface area contributed by atoms with Crippen LogP contribution in [0.25, 0.3) is 10.9 Å².